The third-order valence-corrected chi connectivity index (χ3v) is 7.34. The second kappa shape index (κ2) is 9.78. The molecule has 1 radical (unpaired) electrons. The Balaban J connectivity index is 2.20. The predicted molar refractivity (Wildman–Crippen MR) is 128 cm³/mol. The first kappa shape index (κ1) is 28.8. The maximum atomic E-state index is 15.2. The molecule has 1 heterocycles. The predicted octanol–water partition coefficient (Wildman–Crippen LogP) is 6.14. The van der Waals surface area contributed by atoms with Crippen LogP contribution < -0.4 is 21.3 Å². The fourth-order valence-electron chi connectivity index (χ4n) is 5.79. The van der Waals surface area contributed by atoms with Gasteiger partial charge in [0.2, 0.25) is 0 Å². The summed E-state index contributed by atoms with van der Waals surface area (Å²) in [5, 5.41) is 0. The molecule has 1 nitrogen and oxygen atoms in total. The minimum Gasteiger partial charge on any atom is -0.364 e. The van der Waals surface area contributed by atoms with Crippen molar-refractivity contribution in [3.05, 3.63) is 82.4 Å². The van der Waals surface area contributed by atoms with E-state index in [1.807, 2.05) is 27.7 Å². The van der Waals surface area contributed by atoms with Gasteiger partial charge < -0.3 is 4.90 Å². The maximum Gasteiger partial charge on any atom is 0.200 e. The van der Waals surface area contributed by atoms with Crippen molar-refractivity contribution in [1.82, 2.24) is 0 Å². The summed E-state index contributed by atoms with van der Waals surface area (Å²) >= 11 is 0. The van der Waals surface area contributed by atoms with Gasteiger partial charge in [-0.25, -0.2) is 49.4 Å². The molecule has 0 N–H and O–H groups in total. The number of halogens is 10. The van der Waals surface area contributed by atoms with Crippen molar-refractivity contribution in [2.45, 2.75) is 58.0 Å². The molecule has 0 unspecified atom stereocenters. The molecule has 0 spiro atoms. The van der Waals surface area contributed by atoms with Gasteiger partial charge in [-0.05, 0) is 65.4 Å². The molecule has 0 amide bonds. The van der Waals surface area contributed by atoms with Crippen LogP contribution in [0.5, 0.6) is 0 Å². The summed E-state index contributed by atoms with van der Waals surface area (Å²) in [6.45, 7) is 4.64. The van der Waals surface area contributed by atoms with Crippen LogP contribution in [0.15, 0.2) is 24.3 Å². The van der Waals surface area contributed by atoms with Gasteiger partial charge in [0.25, 0.3) is 0 Å². The van der Waals surface area contributed by atoms with Crippen LogP contribution in [0, 0.1) is 58.2 Å². The molecular weight excluding hydrogens is 539 g/mol. The van der Waals surface area contributed by atoms with E-state index < -0.39 is 92.4 Å². The van der Waals surface area contributed by atoms with Gasteiger partial charge in [0.05, 0.1) is 0 Å². The fourth-order valence-corrected chi connectivity index (χ4v) is 5.79. The normalized spacial score (nSPS) is 16.7. The monoisotopic (exact) mass is 561 g/mol. The second-order valence-corrected chi connectivity index (χ2v) is 10.8. The van der Waals surface area contributed by atoms with Crippen molar-refractivity contribution < 1.29 is 43.9 Å². The average Bonchev–Trinajstić information content (AvgIpc) is 2.87. The van der Waals surface area contributed by atoms with Gasteiger partial charge in [0.1, 0.15) is 23.3 Å². The number of rotatable bonds is 4. The molecule has 4 rings (SSSR count). The van der Waals surface area contributed by atoms with Gasteiger partial charge in [-0.15, -0.1) is 0 Å². The van der Waals surface area contributed by atoms with Gasteiger partial charge in [0.15, 0.2) is 34.9 Å². The molecule has 209 valence electrons. The summed E-state index contributed by atoms with van der Waals surface area (Å²) in [6, 6.07) is 5.22. The molecule has 3 aromatic rings. The van der Waals surface area contributed by atoms with E-state index in [1.54, 1.807) is 4.90 Å². The van der Waals surface area contributed by atoms with E-state index in [0.29, 0.717) is 12.8 Å². The first-order valence-electron chi connectivity index (χ1n) is 12.0. The van der Waals surface area contributed by atoms with Crippen LogP contribution in [-0.4, -0.2) is 17.8 Å². The van der Waals surface area contributed by atoms with Gasteiger partial charge in [-0.2, -0.15) is 10.9 Å². The summed E-state index contributed by atoms with van der Waals surface area (Å²) < 4.78 is 146. The van der Waals surface area contributed by atoms with E-state index in [9.17, 15) is 26.3 Å². The van der Waals surface area contributed by atoms with E-state index >= 15 is 17.6 Å². The Bertz CT molecular complexity index is 1330. The van der Waals surface area contributed by atoms with Crippen LogP contribution >= 0.6 is 0 Å². The molecule has 3 aromatic carbocycles. The summed E-state index contributed by atoms with van der Waals surface area (Å²) in [5.41, 5.74) is -5.27. The topological polar surface area (TPSA) is 3.24 Å². The van der Waals surface area contributed by atoms with Crippen molar-refractivity contribution in [2.75, 3.05) is 4.90 Å². The number of benzene rings is 3. The number of hydrogen-bond acceptors (Lipinski definition) is 1. The summed E-state index contributed by atoms with van der Waals surface area (Å²) in [6.07, 6.45) is 1.93. The zero-order chi connectivity index (χ0) is 29.2. The average molecular weight is 561 g/mol. The molecule has 1 saturated heterocycles. The van der Waals surface area contributed by atoms with Crippen LogP contribution in [0.4, 0.5) is 49.6 Å². The lowest BCUT2D eigenvalue weighted by Crippen LogP contribution is -2.64. The largest absolute Gasteiger partial charge is 0.364 e. The van der Waals surface area contributed by atoms with Crippen LogP contribution in [0.25, 0.3) is 0 Å². The molecule has 12 heteroatoms. The molecule has 0 saturated carbocycles. The maximum absolute atomic E-state index is 15.2. The number of nitrogens with zero attached hydrogens (tertiary/aromatic N) is 1. The molecule has 1 aliphatic heterocycles. The zero-order valence-electron chi connectivity index (χ0n) is 21.2. The highest BCUT2D eigenvalue weighted by atomic mass is 19.2. The van der Waals surface area contributed by atoms with E-state index in [4.69, 9.17) is 0 Å². The molecule has 0 aliphatic carbocycles. The molecule has 1 aliphatic rings. The number of hydrogen-bond donors (Lipinski definition) is 0. The third kappa shape index (κ3) is 4.45. The molecule has 0 atom stereocenters. The number of piperidine rings is 1. The molecule has 0 aromatic heterocycles. The second-order valence-electron chi connectivity index (χ2n) is 10.8. The Morgan fingerprint density at radius 1 is 0.538 bits per heavy atom. The smallest absolute Gasteiger partial charge is 0.200 e. The van der Waals surface area contributed by atoms with Crippen LogP contribution in [0.2, 0.25) is 0 Å². The molecular formula is C27H22BF10N-. The van der Waals surface area contributed by atoms with Crippen molar-refractivity contribution in [3.63, 3.8) is 0 Å². The quantitative estimate of drug-likeness (QED) is 0.160. The lowest BCUT2D eigenvalue weighted by molar-refractivity contribution is 0.244. The first-order valence-corrected chi connectivity index (χ1v) is 12.0. The standard InChI is InChI=1S/C27H22BF10N/c1-26(2)10-7-11-27(3,4)39(26)13-9-6-5-8-12(13)28(14-16(29)20(33)24(37)21(34)17(14)30)15-18(31)22(35)25(38)23(36)19(15)32/h5-6,8-9H,7,10-11H2,1-4H3/q-1. The van der Waals surface area contributed by atoms with Crippen molar-refractivity contribution >= 4 is 28.8 Å². The molecule has 1 fully saturated rings. The Hall–Kier alpha value is -3.18. The minimum absolute atomic E-state index is 0.0603. The van der Waals surface area contributed by atoms with E-state index in [0.717, 1.165) is 12.5 Å². The first-order chi connectivity index (χ1) is 18.0. The number of anilines is 1. The Morgan fingerprint density at radius 2 is 0.872 bits per heavy atom. The molecule has 39 heavy (non-hydrogen) atoms. The van der Waals surface area contributed by atoms with E-state index in [-0.39, 0.29) is 5.69 Å². The lowest BCUT2D eigenvalue weighted by atomic mass is 9.35. The van der Waals surface area contributed by atoms with Crippen LogP contribution in [0.1, 0.15) is 47.0 Å². The fraction of sp³-hybridized carbons (Fsp3) is 0.333. The molecule has 0 bridgehead atoms. The van der Waals surface area contributed by atoms with Crippen LogP contribution in [-0.2, 0) is 0 Å². The Kier molecular flexibility index (Phi) is 7.23. The van der Waals surface area contributed by atoms with Crippen molar-refractivity contribution in [2.24, 2.45) is 0 Å². The Morgan fingerprint density at radius 3 is 1.26 bits per heavy atom. The highest BCUT2D eigenvalue weighted by Crippen LogP contribution is 2.41. The van der Waals surface area contributed by atoms with Gasteiger partial charge in [0, 0.05) is 11.1 Å². The van der Waals surface area contributed by atoms with Crippen molar-refractivity contribution in [3.8, 4) is 0 Å². The summed E-state index contributed by atoms with van der Waals surface area (Å²) in [5.74, 6) is -24.7. The summed E-state index contributed by atoms with van der Waals surface area (Å²) in [7, 11) is 0. The Labute approximate surface area is 218 Å². The number of para-hydroxylation sites is 1. The summed E-state index contributed by atoms with van der Waals surface area (Å²) in [4.78, 5) is 1.77. The van der Waals surface area contributed by atoms with Crippen molar-refractivity contribution in [1.29, 1.82) is 0 Å². The minimum atomic E-state index is -2.62. The van der Waals surface area contributed by atoms with E-state index in [1.165, 1.54) is 18.2 Å². The zero-order valence-corrected chi connectivity index (χ0v) is 21.2. The highest BCUT2D eigenvalue weighted by molar-refractivity contribution is 6.96. The third-order valence-electron chi connectivity index (χ3n) is 7.34. The van der Waals surface area contributed by atoms with Gasteiger partial charge >= 0.3 is 0 Å². The SMILES string of the molecule is CC1(C)CCCC(C)(C)N1c1ccccc1[B-](c1c(F)c(F)c(F)c(F)c1F)c1c(F)c(F)c(F)c(F)c1F. The van der Waals surface area contributed by atoms with E-state index in [2.05, 4.69) is 0 Å². The lowest BCUT2D eigenvalue weighted by Gasteiger charge is -2.56. The van der Waals surface area contributed by atoms with Crippen LogP contribution in [0.3, 0.4) is 0 Å². The van der Waals surface area contributed by atoms with Gasteiger partial charge in [-0.3, -0.25) is 0 Å². The van der Waals surface area contributed by atoms with Gasteiger partial charge in [-0.1, -0.05) is 18.2 Å². The highest BCUT2D eigenvalue weighted by Gasteiger charge is 2.42.